The maximum Gasteiger partial charge on any atom is 0.261 e. The SMILES string of the molecule is CC(c1ccc(F)c(F)c1)N(C)C(=O)Cn1cnc2ccccc2c1=O. The largest absolute Gasteiger partial charge is 0.337 e. The molecule has 7 heteroatoms. The third-order valence-corrected chi connectivity index (χ3v) is 4.44. The summed E-state index contributed by atoms with van der Waals surface area (Å²) in [6.07, 6.45) is 1.33. The number of likely N-dealkylation sites (N-methyl/N-ethyl adjacent to an activating group) is 1. The second kappa shape index (κ2) is 7.03. The van der Waals surface area contributed by atoms with Crippen LogP contribution in [0.15, 0.2) is 53.6 Å². The lowest BCUT2D eigenvalue weighted by atomic mass is 10.1. The molecule has 1 unspecified atom stereocenters. The van der Waals surface area contributed by atoms with Gasteiger partial charge in [0, 0.05) is 7.05 Å². The van der Waals surface area contributed by atoms with Crippen molar-refractivity contribution in [2.24, 2.45) is 0 Å². The monoisotopic (exact) mass is 357 g/mol. The molecular weight excluding hydrogens is 340 g/mol. The number of nitrogens with zero attached hydrogens (tertiary/aromatic N) is 3. The number of para-hydroxylation sites is 1. The number of halogens is 2. The predicted molar refractivity (Wildman–Crippen MR) is 93.5 cm³/mol. The average molecular weight is 357 g/mol. The first-order chi connectivity index (χ1) is 12.4. The summed E-state index contributed by atoms with van der Waals surface area (Å²) in [7, 11) is 1.55. The Hall–Kier alpha value is -3.09. The summed E-state index contributed by atoms with van der Waals surface area (Å²) in [6.45, 7) is 1.51. The standard InChI is InChI=1S/C19H17F2N3O2/c1-12(13-7-8-15(20)16(21)9-13)23(2)18(25)10-24-11-22-17-6-4-3-5-14(17)19(24)26/h3-9,11-12H,10H2,1-2H3. The van der Waals surface area contributed by atoms with Gasteiger partial charge in [0.25, 0.3) is 5.56 Å². The quantitative estimate of drug-likeness (QED) is 0.721. The lowest BCUT2D eigenvalue weighted by Gasteiger charge is -2.25. The van der Waals surface area contributed by atoms with Crippen LogP contribution in [0, 0.1) is 11.6 Å². The van der Waals surface area contributed by atoms with E-state index in [1.54, 1.807) is 38.2 Å². The Bertz CT molecular complexity index is 1030. The highest BCUT2D eigenvalue weighted by Gasteiger charge is 2.19. The Morgan fingerprint density at radius 1 is 1.19 bits per heavy atom. The van der Waals surface area contributed by atoms with E-state index in [2.05, 4.69) is 4.98 Å². The molecule has 0 spiro atoms. The summed E-state index contributed by atoms with van der Waals surface area (Å²) in [5.41, 5.74) is 0.714. The van der Waals surface area contributed by atoms with E-state index in [1.165, 1.54) is 21.9 Å². The molecule has 0 N–H and O–H groups in total. The number of fused-ring (bicyclic) bond motifs is 1. The van der Waals surface area contributed by atoms with Gasteiger partial charge >= 0.3 is 0 Å². The van der Waals surface area contributed by atoms with E-state index in [4.69, 9.17) is 0 Å². The molecule has 0 aliphatic rings. The topological polar surface area (TPSA) is 55.2 Å². The number of carbonyl (C=O) groups excluding carboxylic acids is 1. The summed E-state index contributed by atoms with van der Waals surface area (Å²) < 4.78 is 27.7. The molecule has 1 atom stereocenters. The van der Waals surface area contributed by atoms with Gasteiger partial charge in [-0.15, -0.1) is 0 Å². The molecule has 5 nitrogen and oxygen atoms in total. The predicted octanol–water partition coefficient (Wildman–Crippen LogP) is 2.89. The molecule has 1 heterocycles. The molecule has 3 aromatic rings. The zero-order valence-electron chi connectivity index (χ0n) is 14.3. The summed E-state index contributed by atoms with van der Waals surface area (Å²) in [5, 5.41) is 0.430. The highest BCUT2D eigenvalue weighted by atomic mass is 19.2. The van der Waals surface area contributed by atoms with Crippen molar-refractivity contribution >= 4 is 16.8 Å². The maximum atomic E-state index is 13.4. The van der Waals surface area contributed by atoms with Crippen molar-refractivity contribution in [3.63, 3.8) is 0 Å². The summed E-state index contributed by atoms with van der Waals surface area (Å²) in [5.74, 6) is -2.25. The number of amides is 1. The van der Waals surface area contributed by atoms with Gasteiger partial charge in [-0.3, -0.25) is 14.2 Å². The Morgan fingerprint density at radius 2 is 1.92 bits per heavy atom. The molecule has 26 heavy (non-hydrogen) atoms. The second-order valence-corrected chi connectivity index (χ2v) is 6.05. The van der Waals surface area contributed by atoms with Crippen LogP contribution in [0.3, 0.4) is 0 Å². The van der Waals surface area contributed by atoms with Crippen LogP contribution >= 0.6 is 0 Å². The molecule has 1 amide bonds. The number of hydrogen-bond acceptors (Lipinski definition) is 3. The third kappa shape index (κ3) is 3.33. The van der Waals surface area contributed by atoms with Crippen LogP contribution in [0.25, 0.3) is 10.9 Å². The molecule has 0 saturated carbocycles. The molecule has 134 valence electrons. The fourth-order valence-corrected chi connectivity index (χ4v) is 2.69. The van der Waals surface area contributed by atoms with Crippen molar-refractivity contribution < 1.29 is 13.6 Å². The number of rotatable bonds is 4. The summed E-state index contributed by atoms with van der Waals surface area (Å²) in [6, 6.07) is 9.92. The first-order valence-corrected chi connectivity index (χ1v) is 8.03. The van der Waals surface area contributed by atoms with Crippen LogP contribution < -0.4 is 5.56 Å². The molecule has 0 aliphatic carbocycles. The molecule has 0 fully saturated rings. The molecular formula is C19H17F2N3O2. The fraction of sp³-hybridized carbons (Fsp3) is 0.211. The van der Waals surface area contributed by atoms with Crippen LogP contribution in [0.2, 0.25) is 0 Å². The number of hydrogen-bond donors (Lipinski definition) is 0. The maximum absolute atomic E-state index is 13.4. The van der Waals surface area contributed by atoms with Gasteiger partial charge in [-0.1, -0.05) is 18.2 Å². The minimum Gasteiger partial charge on any atom is -0.337 e. The molecule has 1 aromatic heterocycles. The first-order valence-electron chi connectivity index (χ1n) is 8.03. The summed E-state index contributed by atoms with van der Waals surface area (Å²) in [4.78, 5) is 30.6. The number of aromatic nitrogens is 2. The minimum atomic E-state index is -0.967. The van der Waals surface area contributed by atoms with E-state index in [-0.39, 0.29) is 18.0 Å². The van der Waals surface area contributed by atoms with Gasteiger partial charge < -0.3 is 4.90 Å². The van der Waals surface area contributed by atoms with E-state index >= 15 is 0 Å². The van der Waals surface area contributed by atoms with Gasteiger partial charge in [-0.25, -0.2) is 13.8 Å². The lowest BCUT2D eigenvalue weighted by molar-refractivity contribution is -0.132. The molecule has 3 rings (SSSR count). The van der Waals surface area contributed by atoms with E-state index in [0.717, 1.165) is 12.1 Å². The smallest absolute Gasteiger partial charge is 0.261 e. The molecule has 0 aliphatic heterocycles. The molecule has 0 saturated heterocycles. The van der Waals surface area contributed by atoms with Crippen LogP contribution in [-0.4, -0.2) is 27.4 Å². The average Bonchev–Trinajstić information content (AvgIpc) is 2.65. The Kier molecular flexibility index (Phi) is 4.79. The first kappa shape index (κ1) is 17.7. The van der Waals surface area contributed by atoms with Gasteiger partial charge in [-0.05, 0) is 36.8 Å². The highest BCUT2D eigenvalue weighted by Crippen LogP contribution is 2.21. The zero-order chi connectivity index (χ0) is 18.8. The van der Waals surface area contributed by atoms with Crippen LogP contribution in [-0.2, 0) is 11.3 Å². The van der Waals surface area contributed by atoms with Crippen molar-refractivity contribution in [3.05, 3.63) is 76.3 Å². The van der Waals surface area contributed by atoms with Crippen LogP contribution in [0.4, 0.5) is 8.78 Å². The van der Waals surface area contributed by atoms with Crippen molar-refractivity contribution in [1.82, 2.24) is 14.5 Å². The van der Waals surface area contributed by atoms with Crippen molar-refractivity contribution in [3.8, 4) is 0 Å². The van der Waals surface area contributed by atoms with E-state index in [1.807, 2.05) is 0 Å². The number of benzene rings is 2. The van der Waals surface area contributed by atoms with Crippen molar-refractivity contribution in [2.75, 3.05) is 7.05 Å². The molecule has 2 aromatic carbocycles. The number of carbonyl (C=O) groups is 1. The Morgan fingerprint density at radius 3 is 2.65 bits per heavy atom. The Balaban J connectivity index is 1.82. The fourth-order valence-electron chi connectivity index (χ4n) is 2.69. The van der Waals surface area contributed by atoms with Gasteiger partial charge in [0.15, 0.2) is 11.6 Å². The van der Waals surface area contributed by atoms with E-state index < -0.39 is 17.7 Å². The summed E-state index contributed by atoms with van der Waals surface area (Å²) >= 11 is 0. The van der Waals surface area contributed by atoms with Gasteiger partial charge in [0.2, 0.25) is 5.91 Å². The molecule has 0 radical (unpaired) electrons. The molecule has 0 bridgehead atoms. The lowest BCUT2D eigenvalue weighted by Crippen LogP contribution is -2.35. The van der Waals surface area contributed by atoms with Crippen molar-refractivity contribution in [1.29, 1.82) is 0 Å². The zero-order valence-corrected chi connectivity index (χ0v) is 14.3. The van der Waals surface area contributed by atoms with Gasteiger partial charge in [0.1, 0.15) is 6.54 Å². The van der Waals surface area contributed by atoms with Crippen LogP contribution in [0.1, 0.15) is 18.5 Å². The Labute approximate surface area is 148 Å². The minimum absolute atomic E-state index is 0.193. The highest BCUT2D eigenvalue weighted by molar-refractivity contribution is 5.79. The van der Waals surface area contributed by atoms with Gasteiger partial charge in [-0.2, -0.15) is 0 Å². The van der Waals surface area contributed by atoms with Crippen LogP contribution in [0.5, 0.6) is 0 Å². The normalized spacial score (nSPS) is 12.2. The third-order valence-electron chi connectivity index (χ3n) is 4.44. The van der Waals surface area contributed by atoms with Gasteiger partial charge in [0.05, 0.1) is 23.3 Å². The van der Waals surface area contributed by atoms with Crippen molar-refractivity contribution in [2.45, 2.75) is 19.5 Å². The second-order valence-electron chi connectivity index (χ2n) is 6.05. The van der Waals surface area contributed by atoms with E-state index in [9.17, 15) is 18.4 Å². The van der Waals surface area contributed by atoms with E-state index in [0.29, 0.717) is 16.5 Å².